The van der Waals surface area contributed by atoms with Crippen molar-refractivity contribution in [1.29, 1.82) is 0 Å². The van der Waals surface area contributed by atoms with Crippen LogP contribution < -0.4 is 0 Å². The van der Waals surface area contributed by atoms with E-state index in [1.54, 1.807) is 11.8 Å². The Morgan fingerprint density at radius 2 is 1.95 bits per heavy atom. The Balaban J connectivity index is 2.03. The van der Waals surface area contributed by atoms with Gasteiger partial charge in [-0.25, -0.2) is 0 Å². The maximum absolute atomic E-state index is 11.1. The first-order valence-corrected chi connectivity index (χ1v) is 9.24. The van der Waals surface area contributed by atoms with E-state index >= 15 is 0 Å². The van der Waals surface area contributed by atoms with Crippen molar-refractivity contribution >= 4 is 27.5 Å². The monoisotopic (exact) mass is 298 g/mol. The topological polar surface area (TPSA) is 43.4 Å². The molecule has 1 aromatic carbocycles. The Morgan fingerprint density at radius 3 is 2.42 bits per heavy atom. The van der Waals surface area contributed by atoms with E-state index in [0.29, 0.717) is 6.42 Å². The summed E-state index contributed by atoms with van der Waals surface area (Å²) in [6.45, 7) is 0. The maximum Gasteiger partial charge on any atom is 0.264 e. The average molecular weight is 298 g/mol. The highest BCUT2D eigenvalue weighted by Gasteiger charge is 2.19. The van der Waals surface area contributed by atoms with Crippen LogP contribution in [0.15, 0.2) is 35.2 Å². The van der Waals surface area contributed by atoms with Gasteiger partial charge in [-0.3, -0.25) is 4.18 Å². The van der Waals surface area contributed by atoms with Crippen molar-refractivity contribution in [1.82, 2.24) is 0 Å². The molecule has 0 fully saturated rings. The summed E-state index contributed by atoms with van der Waals surface area (Å²) in [5, 5.41) is 0. The second kappa shape index (κ2) is 6.11. The molecule has 2 rings (SSSR count). The minimum Gasteiger partial charge on any atom is -0.267 e. The van der Waals surface area contributed by atoms with Gasteiger partial charge in [-0.2, -0.15) is 8.42 Å². The molecule has 0 radical (unpaired) electrons. The van der Waals surface area contributed by atoms with Crippen LogP contribution in [0, 0.1) is 0 Å². The Kier molecular flexibility index (Phi) is 4.71. The van der Waals surface area contributed by atoms with Gasteiger partial charge in [0.2, 0.25) is 0 Å². The van der Waals surface area contributed by atoms with Gasteiger partial charge in [-0.1, -0.05) is 18.2 Å². The Bertz CT molecular complexity index is 559. The van der Waals surface area contributed by atoms with E-state index in [-0.39, 0.29) is 6.10 Å². The molecular formula is C14H18O3S2. The van der Waals surface area contributed by atoms with Crippen molar-refractivity contribution in [2.75, 3.05) is 12.5 Å². The van der Waals surface area contributed by atoms with Crippen LogP contribution in [0.4, 0.5) is 0 Å². The van der Waals surface area contributed by atoms with Gasteiger partial charge in [-0.15, -0.1) is 11.8 Å². The quantitative estimate of drug-likeness (QED) is 0.632. The van der Waals surface area contributed by atoms with E-state index in [1.165, 1.54) is 16.0 Å². The predicted molar refractivity (Wildman–Crippen MR) is 79.8 cm³/mol. The van der Waals surface area contributed by atoms with E-state index in [2.05, 4.69) is 36.6 Å². The van der Waals surface area contributed by atoms with E-state index in [0.717, 1.165) is 19.1 Å². The molecule has 0 spiro atoms. The fourth-order valence-electron chi connectivity index (χ4n) is 2.21. The smallest absolute Gasteiger partial charge is 0.264 e. The fraction of sp³-hybridized carbons (Fsp3) is 0.429. The van der Waals surface area contributed by atoms with Crippen LogP contribution in [0.5, 0.6) is 0 Å². The molecule has 0 aromatic heterocycles. The lowest BCUT2D eigenvalue weighted by Gasteiger charge is -2.21. The van der Waals surface area contributed by atoms with Crippen LogP contribution in [-0.2, 0) is 14.3 Å². The second-order valence-electron chi connectivity index (χ2n) is 4.65. The first-order chi connectivity index (χ1) is 8.98. The van der Waals surface area contributed by atoms with Gasteiger partial charge in [-0.05, 0) is 48.8 Å². The summed E-state index contributed by atoms with van der Waals surface area (Å²) < 4.78 is 27.2. The number of rotatable bonds is 4. The lowest BCUT2D eigenvalue weighted by molar-refractivity contribution is 0.202. The maximum atomic E-state index is 11.1. The molecule has 0 saturated carbocycles. The lowest BCUT2D eigenvalue weighted by atomic mass is 9.92. The van der Waals surface area contributed by atoms with Crippen LogP contribution >= 0.6 is 11.8 Å². The van der Waals surface area contributed by atoms with Gasteiger partial charge in [0, 0.05) is 4.90 Å². The Labute approximate surface area is 119 Å². The van der Waals surface area contributed by atoms with E-state index in [4.69, 9.17) is 4.18 Å². The predicted octanol–water partition coefficient (Wildman–Crippen LogP) is 3.32. The average Bonchev–Trinajstić information content (AvgIpc) is 2.38. The zero-order valence-corrected chi connectivity index (χ0v) is 12.8. The molecule has 0 saturated heterocycles. The van der Waals surface area contributed by atoms with Crippen molar-refractivity contribution in [3.63, 3.8) is 0 Å². The molecule has 19 heavy (non-hydrogen) atoms. The molecule has 1 aliphatic carbocycles. The molecule has 0 N–H and O–H groups in total. The molecule has 0 aliphatic heterocycles. The minimum atomic E-state index is -3.35. The highest BCUT2D eigenvalue weighted by Crippen LogP contribution is 2.29. The standard InChI is InChI=1S/C14H18O3S2/c1-18-14-9-5-12(6-10-14)11-3-7-13(8-4-11)17-19(2,15)16/h3,5-6,9-10,13H,4,7-8H2,1-2H3/t13-/m1/s1. The second-order valence-corrected chi connectivity index (χ2v) is 7.13. The summed E-state index contributed by atoms with van der Waals surface area (Å²) >= 11 is 1.72. The van der Waals surface area contributed by atoms with Crippen LogP contribution in [-0.4, -0.2) is 27.0 Å². The Morgan fingerprint density at radius 1 is 1.26 bits per heavy atom. The van der Waals surface area contributed by atoms with Gasteiger partial charge in [0.25, 0.3) is 10.1 Å². The van der Waals surface area contributed by atoms with Crippen molar-refractivity contribution in [2.45, 2.75) is 30.3 Å². The molecule has 1 aromatic rings. The zero-order valence-electron chi connectivity index (χ0n) is 11.1. The van der Waals surface area contributed by atoms with Crippen LogP contribution in [0.2, 0.25) is 0 Å². The van der Waals surface area contributed by atoms with E-state index in [9.17, 15) is 8.42 Å². The van der Waals surface area contributed by atoms with Gasteiger partial charge in [0.05, 0.1) is 12.4 Å². The van der Waals surface area contributed by atoms with E-state index in [1.807, 2.05) is 0 Å². The molecule has 0 amide bonds. The molecule has 1 atom stereocenters. The highest BCUT2D eigenvalue weighted by molar-refractivity contribution is 7.98. The van der Waals surface area contributed by atoms with Gasteiger partial charge >= 0.3 is 0 Å². The van der Waals surface area contributed by atoms with Gasteiger partial charge in [0.1, 0.15) is 0 Å². The summed E-state index contributed by atoms with van der Waals surface area (Å²) in [5.74, 6) is 0. The number of hydrogen-bond acceptors (Lipinski definition) is 4. The minimum absolute atomic E-state index is 0.204. The molecule has 5 heteroatoms. The van der Waals surface area contributed by atoms with Gasteiger partial charge in [0.15, 0.2) is 0 Å². The fourth-order valence-corrected chi connectivity index (χ4v) is 3.29. The number of allylic oxidation sites excluding steroid dienone is 1. The van der Waals surface area contributed by atoms with Crippen LogP contribution in [0.3, 0.4) is 0 Å². The third-order valence-electron chi connectivity index (χ3n) is 3.13. The third-order valence-corrected chi connectivity index (χ3v) is 4.50. The summed E-state index contributed by atoms with van der Waals surface area (Å²) in [6, 6.07) is 8.46. The number of hydrogen-bond donors (Lipinski definition) is 0. The molecule has 1 aliphatic rings. The largest absolute Gasteiger partial charge is 0.267 e. The molecule has 104 valence electrons. The Hall–Kier alpha value is -0.780. The van der Waals surface area contributed by atoms with Crippen molar-refractivity contribution < 1.29 is 12.6 Å². The molecule has 0 bridgehead atoms. The summed E-state index contributed by atoms with van der Waals surface area (Å²) in [5.41, 5.74) is 2.50. The molecular weight excluding hydrogens is 280 g/mol. The van der Waals surface area contributed by atoms with Crippen molar-refractivity contribution in [3.05, 3.63) is 35.9 Å². The number of benzene rings is 1. The summed E-state index contributed by atoms with van der Waals surface area (Å²) in [6.07, 6.45) is 7.32. The van der Waals surface area contributed by atoms with Gasteiger partial charge < -0.3 is 0 Å². The third kappa shape index (κ3) is 4.37. The SMILES string of the molecule is CSc1ccc(C2=CC[C@@H](OS(C)(=O)=O)CC2)cc1. The van der Waals surface area contributed by atoms with Crippen molar-refractivity contribution in [3.8, 4) is 0 Å². The van der Waals surface area contributed by atoms with Crippen molar-refractivity contribution in [2.24, 2.45) is 0 Å². The van der Waals surface area contributed by atoms with Crippen LogP contribution in [0.25, 0.3) is 5.57 Å². The number of thioether (sulfide) groups is 1. The van der Waals surface area contributed by atoms with E-state index < -0.39 is 10.1 Å². The molecule has 0 unspecified atom stereocenters. The van der Waals surface area contributed by atoms with Crippen LogP contribution in [0.1, 0.15) is 24.8 Å². The molecule has 0 heterocycles. The first kappa shape index (κ1) is 14.6. The zero-order chi connectivity index (χ0) is 13.9. The molecule has 3 nitrogen and oxygen atoms in total. The summed E-state index contributed by atoms with van der Waals surface area (Å²) in [4.78, 5) is 1.25. The lowest BCUT2D eigenvalue weighted by Crippen LogP contribution is -2.19. The highest BCUT2D eigenvalue weighted by atomic mass is 32.2. The normalized spacial score (nSPS) is 20.1. The first-order valence-electron chi connectivity index (χ1n) is 6.19. The summed E-state index contributed by atoms with van der Waals surface area (Å²) in [7, 11) is -3.35.